The number of ether oxygens (including phenoxy) is 1. The minimum atomic E-state index is -1.02. The molecule has 2 fully saturated rings. The van der Waals surface area contributed by atoms with Gasteiger partial charge >= 0.3 is 5.97 Å². The third-order valence-corrected chi connectivity index (χ3v) is 4.62. The van der Waals surface area contributed by atoms with Crippen molar-refractivity contribution in [3.05, 3.63) is 34.6 Å². The van der Waals surface area contributed by atoms with Crippen molar-refractivity contribution >= 4 is 17.6 Å². The van der Waals surface area contributed by atoms with Gasteiger partial charge in [0.15, 0.2) is 0 Å². The van der Waals surface area contributed by atoms with E-state index in [2.05, 4.69) is 0 Å². The maximum Gasteiger partial charge on any atom is 0.312 e. The average molecular weight is 299 g/mol. The highest BCUT2D eigenvalue weighted by Crippen LogP contribution is 2.49. The minimum Gasteiger partial charge on any atom is -0.481 e. The van der Waals surface area contributed by atoms with E-state index in [9.17, 15) is 14.3 Å². The molecule has 108 valence electrons. The molecule has 2 aliphatic rings. The SMILES string of the molecule is O=C(O)C1(Cc2cc(Cl)ccc2F)CCOC1C1CC1. The quantitative estimate of drug-likeness (QED) is 0.928. The molecule has 20 heavy (non-hydrogen) atoms. The van der Waals surface area contributed by atoms with E-state index in [1.807, 2.05) is 0 Å². The Kier molecular flexibility index (Phi) is 3.46. The van der Waals surface area contributed by atoms with Crippen LogP contribution < -0.4 is 0 Å². The van der Waals surface area contributed by atoms with Crippen LogP contribution >= 0.6 is 11.6 Å². The van der Waals surface area contributed by atoms with Crippen molar-refractivity contribution in [2.45, 2.75) is 31.8 Å². The van der Waals surface area contributed by atoms with Gasteiger partial charge in [0.1, 0.15) is 11.2 Å². The molecule has 3 nitrogen and oxygen atoms in total. The summed E-state index contributed by atoms with van der Waals surface area (Å²) in [5.74, 6) is -1.00. The number of halogens is 2. The fourth-order valence-corrected chi connectivity index (χ4v) is 3.36. The summed E-state index contributed by atoms with van der Waals surface area (Å²) in [6, 6.07) is 4.27. The normalized spacial score (nSPS) is 29.6. The van der Waals surface area contributed by atoms with Crippen LogP contribution in [0, 0.1) is 17.2 Å². The Labute approximate surface area is 121 Å². The van der Waals surface area contributed by atoms with Crippen molar-refractivity contribution in [3.8, 4) is 0 Å². The number of benzene rings is 1. The maximum atomic E-state index is 13.9. The van der Waals surface area contributed by atoms with Crippen LogP contribution in [0.4, 0.5) is 4.39 Å². The molecule has 0 aromatic heterocycles. The Morgan fingerprint density at radius 2 is 2.25 bits per heavy atom. The standard InChI is InChI=1S/C15H16ClFO3/c16-11-3-4-12(17)10(7-11)8-15(14(18)19)5-6-20-13(15)9-1-2-9/h3-4,7,9,13H,1-2,5-6,8H2,(H,18,19). The van der Waals surface area contributed by atoms with Gasteiger partial charge in [-0.1, -0.05) is 11.6 Å². The lowest BCUT2D eigenvalue weighted by Crippen LogP contribution is -2.42. The molecule has 3 rings (SSSR count). The molecule has 1 saturated carbocycles. The van der Waals surface area contributed by atoms with Crippen LogP contribution in [0.25, 0.3) is 0 Å². The predicted molar refractivity (Wildman–Crippen MR) is 72.3 cm³/mol. The Balaban J connectivity index is 1.95. The highest BCUT2D eigenvalue weighted by atomic mass is 35.5. The van der Waals surface area contributed by atoms with Gasteiger partial charge in [-0.05, 0) is 55.4 Å². The van der Waals surface area contributed by atoms with Gasteiger partial charge in [-0.15, -0.1) is 0 Å². The summed E-state index contributed by atoms with van der Waals surface area (Å²) in [4.78, 5) is 11.8. The lowest BCUT2D eigenvalue weighted by molar-refractivity contribution is -0.153. The summed E-state index contributed by atoms with van der Waals surface area (Å²) in [6.07, 6.45) is 2.25. The first-order chi connectivity index (χ1) is 9.53. The average Bonchev–Trinajstić information content (AvgIpc) is 3.15. The molecule has 5 heteroatoms. The van der Waals surface area contributed by atoms with Gasteiger partial charge in [-0.3, -0.25) is 4.79 Å². The molecule has 0 amide bonds. The Morgan fingerprint density at radius 1 is 1.50 bits per heavy atom. The smallest absolute Gasteiger partial charge is 0.312 e. The van der Waals surface area contributed by atoms with Crippen LogP contribution in [0.5, 0.6) is 0 Å². The minimum absolute atomic E-state index is 0.135. The van der Waals surface area contributed by atoms with Gasteiger partial charge in [-0.25, -0.2) is 4.39 Å². The van der Waals surface area contributed by atoms with E-state index < -0.39 is 17.2 Å². The zero-order valence-electron chi connectivity index (χ0n) is 10.9. The summed E-state index contributed by atoms with van der Waals surface area (Å²) in [5.41, 5.74) is -0.664. The Morgan fingerprint density at radius 3 is 2.90 bits per heavy atom. The molecule has 0 spiro atoms. The van der Waals surface area contributed by atoms with E-state index in [0.29, 0.717) is 29.5 Å². The maximum absolute atomic E-state index is 13.9. The second-order valence-electron chi connectivity index (χ2n) is 5.75. The van der Waals surface area contributed by atoms with Crippen LogP contribution in [0.2, 0.25) is 5.02 Å². The van der Waals surface area contributed by atoms with Crippen molar-refractivity contribution in [1.29, 1.82) is 0 Å². The molecule has 1 aromatic rings. The molecule has 2 unspecified atom stereocenters. The zero-order chi connectivity index (χ0) is 14.3. The van der Waals surface area contributed by atoms with Crippen molar-refractivity contribution < 1.29 is 19.0 Å². The fraction of sp³-hybridized carbons (Fsp3) is 0.533. The lowest BCUT2D eigenvalue weighted by atomic mass is 9.74. The third kappa shape index (κ3) is 2.31. The molecule has 0 radical (unpaired) electrons. The molecular formula is C15H16ClFO3. The van der Waals surface area contributed by atoms with Gasteiger partial charge in [0.25, 0.3) is 0 Å². The molecule has 1 saturated heterocycles. The highest BCUT2D eigenvalue weighted by Gasteiger charge is 2.56. The summed E-state index contributed by atoms with van der Waals surface area (Å²) in [5, 5.41) is 10.1. The van der Waals surface area contributed by atoms with Gasteiger partial charge in [0.2, 0.25) is 0 Å². The number of rotatable bonds is 4. The van der Waals surface area contributed by atoms with E-state index in [1.54, 1.807) is 0 Å². The first-order valence-electron chi connectivity index (χ1n) is 6.82. The van der Waals surface area contributed by atoms with Gasteiger partial charge < -0.3 is 9.84 Å². The first-order valence-corrected chi connectivity index (χ1v) is 7.20. The van der Waals surface area contributed by atoms with E-state index >= 15 is 0 Å². The van der Waals surface area contributed by atoms with Crippen LogP contribution in [-0.4, -0.2) is 23.8 Å². The molecule has 1 heterocycles. The van der Waals surface area contributed by atoms with Gasteiger partial charge in [-0.2, -0.15) is 0 Å². The van der Waals surface area contributed by atoms with Crippen LogP contribution in [-0.2, 0) is 16.0 Å². The van der Waals surface area contributed by atoms with Crippen LogP contribution in [0.15, 0.2) is 18.2 Å². The number of hydrogen-bond donors (Lipinski definition) is 1. The second-order valence-corrected chi connectivity index (χ2v) is 6.19. The van der Waals surface area contributed by atoms with E-state index in [0.717, 1.165) is 12.8 Å². The number of carbonyl (C=O) groups is 1. The molecule has 1 aliphatic carbocycles. The molecular weight excluding hydrogens is 283 g/mol. The number of aliphatic carboxylic acids is 1. The predicted octanol–water partition coefficient (Wildman–Crippen LogP) is 3.29. The topological polar surface area (TPSA) is 46.5 Å². The van der Waals surface area contributed by atoms with Crippen molar-refractivity contribution in [2.24, 2.45) is 11.3 Å². The Bertz CT molecular complexity index is 544. The third-order valence-electron chi connectivity index (χ3n) is 4.38. The lowest BCUT2D eigenvalue weighted by Gasteiger charge is -2.30. The summed E-state index contributed by atoms with van der Waals surface area (Å²) >= 11 is 5.89. The molecule has 0 bridgehead atoms. The van der Waals surface area contributed by atoms with Crippen molar-refractivity contribution in [3.63, 3.8) is 0 Å². The fourth-order valence-electron chi connectivity index (χ4n) is 3.17. The number of hydrogen-bond acceptors (Lipinski definition) is 2. The van der Waals surface area contributed by atoms with Gasteiger partial charge in [0.05, 0.1) is 6.10 Å². The molecule has 1 aliphatic heterocycles. The van der Waals surface area contributed by atoms with Crippen molar-refractivity contribution in [2.75, 3.05) is 6.61 Å². The molecule has 2 atom stereocenters. The zero-order valence-corrected chi connectivity index (χ0v) is 11.7. The van der Waals surface area contributed by atoms with E-state index in [1.165, 1.54) is 18.2 Å². The monoisotopic (exact) mass is 298 g/mol. The summed E-state index contributed by atoms with van der Waals surface area (Å²) in [7, 11) is 0. The Hall–Kier alpha value is -1.13. The number of carboxylic acid groups (broad SMARTS) is 1. The van der Waals surface area contributed by atoms with Gasteiger partial charge in [0, 0.05) is 11.6 Å². The second kappa shape index (κ2) is 5.01. The number of carboxylic acids is 1. The largest absolute Gasteiger partial charge is 0.481 e. The molecule has 1 aromatic carbocycles. The van der Waals surface area contributed by atoms with E-state index in [4.69, 9.17) is 16.3 Å². The summed E-state index contributed by atoms with van der Waals surface area (Å²) < 4.78 is 19.6. The highest BCUT2D eigenvalue weighted by molar-refractivity contribution is 6.30. The summed E-state index contributed by atoms with van der Waals surface area (Å²) in [6.45, 7) is 0.426. The van der Waals surface area contributed by atoms with Crippen molar-refractivity contribution in [1.82, 2.24) is 0 Å². The first kappa shape index (κ1) is 13.8. The molecule has 1 N–H and O–H groups in total. The van der Waals surface area contributed by atoms with Crippen LogP contribution in [0.1, 0.15) is 24.8 Å². The van der Waals surface area contributed by atoms with E-state index in [-0.39, 0.29) is 12.5 Å². The van der Waals surface area contributed by atoms with Crippen LogP contribution in [0.3, 0.4) is 0 Å².